The second-order valence-electron chi connectivity index (χ2n) is 8.74. The number of thiophene rings is 1. The highest BCUT2D eigenvalue weighted by molar-refractivity contribution is 7.10. The molecule has 2 amide bonds. The average molecular weight is 495 g/mol. The molecule has 1 aromatic heterocycles. The highest BCUT2D eigenvalue weighted by Gasteiger charge is 2.34. The predicted octanol–water partition coefficient (Wildman–Crippen LogP) is 5.24. The number of fused-ring (bicyclic) bond motifs is 1. The Morgan fingerprint density at radius 2 is 1.97 bits per heavy atom. The monoisotopic (exact) mass is 494 g/mol. The van der Waals surface area contributed by atoms with Crippen LogP contribution in [0.2, 0.25) is 0 Å². The smallest absolute Gasteiger partial charge is 0.254 e. The molecule has 35 heavy (non-hydrogen) atoms. The van der Waals surface area contributed by atoms with Crippen LogP contribution in [0.1, 0.15) is 51.3 Å². The van der Waals surface area contributed by atoms with Gasteiger partial charge < -0.3 is 14.5 Å². The molecule has 3 aromatic rings. The van der Waals surface area contributed by atoms with Crippen molar-refractivity contribution in [2.45, 2.75) is 32.7 Å². The van der Waals surface area contributed by atoms with Crippen molar-refractivity contribution in [3.05, 3.63) is 92.9 Å². The molecule has 1 aliphatic heterocycles. The average Bonchev–Trinajstić information content (AvgIpc) is 3.34. The van der Waals surface area contributed by atoms with Gasteiger partial charge in [-0.25, -0.2) is 4.39 Å². The minimum Gasteiger partial charge on any atom is -0.382 e. The number of benzene rings is 2. The Hall–Kier alpha value is -3.03. The molecule has 2 heterocycles. The maximum Gasteiger partial charge on any atom is 0.254 e. The first-order valence-corrected chi connectivity index (χ1v) is 12.9. The maximum atomic E-state index is 13.8. The molecule has 0 saturated carbocycles. The predicted molar refractivity (Wildman–Crippen MR) is 136 cm³/mol. The lowest BCUT2D eigenvalue weighted by Crippen LogP contribution is -2.47. The number of halogens is 1. The van der Waals surface area contributed by atoms with Crippen LogP contribution in [0.4, 0.5) is 4.39 Å². The van der Waals surface area contributed by atoms with E-state index >= 15 is 0 Å². The van der Waals surface area contributed by atoms with Crippen LogP contribution in [0.15, 0.2) is 60.0 Å². The summed E-state index contributed by atoms with van der Waals surface area (Å²) in [5.41, 5.74) is 3.61. The number of hydrogen-bond acceptors (Lipinski definition) is 4. The third-order valence-electron chi connectivity index (χ3n) is 6.29. The second-order valence-corrected chi connectivity index (χ2v) is 9.74. The summed E-state index contributed by atoms with van der Waals surface area (Å²) in [5.74, 6) is -0.944. The summed E-state index contributed by atoms with van der Waals surface area (Å²) in [6.07, 6.45) is 1.39. The van der Waals surface area contributed by atoms with Crippen LogP contribution in [0.25, 0.3) is 0 Å². The minimum atomic E-state index is -0.475. The van der Waals surface area contributed by atoms with Crippen LogP contribution in [-0.4, -0.2) is 54.5 Å². The summed E-state index contributed by atoms with van der Waals surface area (Å²) >= 11 is 1.72. The van der Waals surface area contributed by atoms with E-state index in [0.29, 0.717) is 32.7 Å². The van der Waals surface area contributed by atoms with Gasteiger partial charge in [-0.2, -0.15) is 0 Å². The van der Waals surface area contributed by atoms with E-state index in [2.05, 4.69) is 35.7 Å². The highest BCUT2D eigenvalue weighted by Crippen LogP contribution is 2.38. The molecule has 0 saturated heterocycles. The van der Waals surface area contributed by atoms with Gasteiger partial charge in [-0.3, -0.25) is 9.59 Å². The van der Waals surface area contributed by atoms with Gasteiger partial charge in [-0.1, -0.05) is 35.9 Å². The molecule has 1 aliphatic rings. The Morgan fingerprint density at radius 1 is 1.17 bits per heavy atom. The Balaban J connectivity index is 1.58. The van der Waals surface area contributed by atoms with Crippen LogP contribution in [0.3, 0.4) is 0 Å². The number of hydrogen-bond donors (Lipinski definition) is 0. The number of rotatable bonds is 9. The van der Waals surface area contributed by atoms with Crippen LogP contribution in [0, 0.1) is 12.7 Å². The lowest BCUT2D eigenvalue weighted by Gasteiger charge is -2.37. The van der Waals surface area contributed by atoms with Crippen LogP contribution >= 0.6 is 11.3 Å². The molecule has 0 bridgehead atoms. The number of carbonyl (C=O) groups excluding carboxylic acids is 2. The Kier molecular flexibility index (Phi) is 8.31. The van der Waals surface area contributed by atoms with Crippen molar-refractivity contribution in [1.29, 1.82) is 0 Å². The SMILES string of the molecule is CCOCCCN(CC(=O)N1CCc2sccc2C1c1ccc(C)cc1)C(=O)c1cccc(F)c1. The van der Waals surface area contributed by atoms with E-state index in [9.17, 15) is 14.0 Å². The lowest BCUT2D eigenvalue weighted by molar-refractivity contribution is -0.134. The fourth-order valence-electron chi connectivity index (χ4n) is 4.51. The molecule has 0 N–H and O–H groups in total. The summed E-state index contributed by atoms with van der Waals surface area (Å²) in [5, 5.41) is 2.08. The fourth-order valence-corrected chi connectivity index (χ4v) is 5.41. The molecular weight excluding hydrogens is 463 g/mol. The van der Waals surface area contributed by atoms with Gasteiger partial charge in [0, 0.05) is 36.7 Å². The van der Waals surface area contributed by atoms with Gasteiger partial charge in [-0.05, 0) is 67.5 Å². The van der Waals surface area contributed by atoms with E-state index < -0.39 is 5.82 Å². The molecule has 7 heteroatoms. The first-order chi connectivity index (χ1) is 17.0. The van der Waals surface area contributed by atoms with Crippen molar-refractivity contribution in [3.63, 3.8) is 0 Å². The zero-order chi connectivity index (χ0) is 24.8. The van der Waals surface area contributed by atoms with E-state index in [1.54, 1.807) is 17.4 Å². The topological polar surface area (TPSA) is 49.9 Å². The first kappa shape index (κ1) is 25.1. The van der Waals surface area contributed by atoms with Gasteiger partial charge in [0.2, 0.25) is 5.91 Å². The summed E-state index contributed by atoms with van der Waals surface area (Å²) in [6, 6.07) is 15.8. The van der Waals surface area contributed by atoms with Crippen molar-refractivity contribution >= 4 is 23.2 Å². The van der Waals surface area contributed by atoms with Gasteiger partial charge in [0.25, 0.3) is 5.91 Å². The quantitative estimate of drug-likeness (QED) is 0.383. The summed E-state index contributed by atoms with van der Waals surface area (Å²) in [6.45, 7) is 5.92. The maximum absolute atomic E-state index is 13.8. The van der Waals surface area contributed by atoms with Gasteiger partial charge in [0.05, 0.1) is 6.04 Å². The number of carbonyl (C=O) groups is 2. The van der Waals surface area contributed by atoms with E-state index in [1.807, 2.05) is 18.7 Å². The molecule has 5 nitrogen and oxygen atoms in total. The summed E-state index contributed by atoms with van der Waals surface area (Å²) in [7, 11) is 0. The van der Waals surface area contributed by atoms with Crippen LogP contribution < -0.4 is 0 Å². The van der Waals surface area contributed by atoms with Crippen molar-refractivity contribution in [1.82, 2.24) is 9.80 Å². The highest BCUT2D eigenvalue weighted by atomic mass is 32.1. The first-order valence-electron chi connectivity index (χ1n) is 12.0. The Morgan fingerprint density at radius 3 is 2.71 bits per heavy atom. The standard InChI is InChI=1S/C28H31FN2O3S/c1-3-34-16-5-14-30(28(33)22-6-4-7-23(29)18-22)19-26(32)31-15-12-25-24(13-17-35-25)27(31)21-10-8-20(2)9-11-21/h4,6-11,13,17-18,27H,3,5,12,14-16,19H2,1-2H3. The number of amides is 2. The van der Waals surface area contributed by atoms with E-state index in [0.717, 1.165) is 23.1 Å². The minimum absolute atomic E-state index is 0.0662. The number of ether oxygens (including phenoxy) is 1. The molecule has 2 aromatic carbocycles. The molecule has 1 atom stereocenters. The van der Waals surface area contributed by atoms with Crippen LogP contribution in [-0.2, 0) is 16.0 Å². The largest absolute Gasteiger partial charge is 0.382 e. The molecule has 0 spiro atoms. The molecule has 1 unspecified atom stereocenters. The van der Waals surface area contributed by atoms with E-state index in [-0.39, 0.29) is 30.0 Å². The van der Waals surface area contributed by atoms with Crippen molar-refractivity contribution in [2.24, 2.45) is 0 Å². The zero-order valence-corrected chi connectivity index (χ0v) is 21.0. The second kappa shape index (κ2) is 11.6. The summed E-state index contributed by atoms with van der Waals surface area (Å²) < 4.78 is 19.2. The van der Waals surface area contributed by atoms with Crippen molar-refractivity contribution < 1.29 is 18.7 Å². The molecular formula is C28H31FN2O3S. The van der Waals surface area contributed by atoms with E-state index in [4.69, 9.17) is 4.74 Å². The molecule has 0 fully saturated rings. The van der Waals surface area contributed by atoms with Gasteiger partial charge in [0.15, 0.2) is 0 Å². The number of aryl methyl sites for hydroxylation is 1. The lowest BCUT2D eigenvalue weighted by atomic mass is 9.92. The fraction of sp³-hybridized carbons (Fsp3) is 0.357. The molecule has 4 rings (SSSR count). The van der Waals surface area contributed by atoms with Gasteiger partial charge in [-0.15, -0.1) is 11.3 Å². The molecule has 184 valence electrons. The third-order valence-corrected chi connectivity index (χ3v) is 7.28. The number of nitrogens with zero attached hydrogens (tertiary/aromatic N) is 2. The molecule has 0 aliphatic carbocycles. The molecule has 0 radical (unpaired) electrons. The summed E-state index contributed by atoms with van der Waals surface area (Å²) in [4.78, 5) is 31.7. The van der Waals surface area contributed by atoms with Crippen LogP contribution in [0.5, 0.6) is 0 Å². The Labute approximate surface area is 210 Å². The third kappa shape index (κ3) is 5.97. The van der Waals surface area contributed by atoms with Gasteiger partial charge in [0.1, 0.15) is 12.4 Å². The zero-order valence-electron chi connectivity index (χ0n) is 20.2. The van der Waals surface area contributed by atoms with Crippen molar-refractivity contribution in [2.75, 3.05) is 32.8 Å². The normalized spacial score (nSPS) is 15.1. The Bertz CT molecular complexity index is 1160. The van der Waals surface area contributed by atoms with Gasteiger partial charge >= 0.3 is 0 Å². The van der Waals surface area contributed by atoms with E-state index in [1.165, 1.54) is 28.0 Å². The van der Waals surface area contributed by atoms with Crippen molar-refractivity contribution in [3.8, 4) is 0 Å².